The van der Waals surface area contributed by atoms with Gasteiger partial charge in [-0.1, -0.05) is 13.0 Å². The van der Waals surface area contributed by atoms with Gasteiger partial charge < -0.3 is 9.64 Å². The van der Waals surface area contributed by atoms with E-state index in [-0.39, 0.29) is 5.69 Å². The van der Waals surface area contributed by atoms with Gasteiger partial charge in [0.25, 0.3) is 0 Å². The van der Waals surface area contributed by atoms with Crippen molar-refractivity contribution in [3.8, 4) is 0 Å². The third-order valence-corrected chi connectivity index (χ3v) is 4.83. The number of nitro benzene ring substituents is 1. The van der Waals surface area contributed by atoms with Gasteiger partial charge >= 0.3 is 5.69 Å². The number of hydrogen-bond acceptors (Lipinski definition) is 6. The average Bonchev–Trinajstić information content (AvgIpc) is 2.45. The van der Waals surface area contributed by atoms with Crippen molar-refractivity contribution in [3.05, 3.63) is 28.3 Å². The van der Waals surface area contributed by atoms with Crippen LogP contribution in [0, 0.1) is 10.1 Å². The number of benzene rings is 1. The summed E-state index contributed by atoms with van der Waals surface area (Å²) < 4.78 is 28.9. The highest BCUT2D eigenvalue weighted by Gasteiger charge is 2.35. The summed E-state index contributed by atoms with van der Waals surface area (Å²) in [5, 5.41) is 16.5. The summed E-state index contributed by atoms with van der Waals surface area (Å²) in [6.07, 6.45) is 0.742. The molecule has 1 aliphatic rings. The van der Waals surface area contributed by atoms with Gasteiger partial charge in [-0.05, 0) is 25.5 Å². The fraction of sp³-hybridized carbons (Fsp3) is 0.538. The van der Waals surface area contributed by atoms with Crippen LogP contribution in [-0.2, 0) is 14.8 Å². The van der Waals surface area contributed by atoms with Crippen molar-refractivity contribution in [2.45, 2.75) is 30.8 Å². The average molecular weight is 329 g/mol. The molecular weight excluding hydrogens is 310 g/mol. The Morgan fingerprint density at radius 3 is 2.73 bits per heavy atom. The molecule has 0 bridgehead atoms. The third kappa shape index (κ3) is 3.21. The maximum Gasteiger partial charge on any atom is 0.312 e. The molecule has 22 heavy (non-hydrogen) atoms. The van der Waals surface area contributed by atoms with E-state index in [1.54, 1.807) is 4.90 Å². The molecule has 0 amide bonds. The van der Waals surface area contributed by atoms with E-state index in [2.05, 4.69) is 0 Å². The zero-order valence-corrected chi connectivity index (χ0v) is 13.3. The molecule has 1 atom stereocenters. The number of anilines is 1. The van der Waals surface area contributed by atoms with Crippen molar-refractivity contribution in [2.75, 3.05) is 24.6 Å². The van der Waals surface area contributed by atoms with Gasteiger partial charge in [-0.15, -0.1) is 0 Å². The van der Waals surface area contributed by atoms with Crippen LogP contribution in [0.1, 0.15) is 20.3 Å². The minimum atomic E-state index is -4.17. The van der Waals surface area contributed by atoms with Crippen LogP contribution in [0.5, 0.6) is 0 Å². The number of morpholine rings is 1. The summed E-state index contributed by atoms with van der Waals surface area (Å²) in [7, 11) is -4.17. The Morgan fingerprint density at radius 1 is 1.50 bits per heavy atom. The number of ether oxygens (including phenoxy) is 1. The second-order valence-electron chi connectivity index (χ2n) is 5.50. The number of nitro groups is 1. The van der Waals surface area contributed by atoms with Gasteiger partial charge in [-0.25, -0.2) is 13.6 Å². The molecule has 1 aliphatic heterocycles. The number of hydrogen-bond donors (Lipinski definition) is 1. The highest BCUT2D eigenvalue weighted by Crippen LogP contribution is 2.36. The smallest absolute Gasteiger partial charge is 0.312 e. The van der Waals surface area contributed by atoms with Crippen molar-refractivity contribution >= 4 is 21.4 Å². The molecule has 0 aromatic heterocycles. The van der Waals surface area contributed by atoms with Gasteiger partial charge in [0.2, 0.25) is 10.0 Å². The van der Waals surface area contributed by atoms with Crippen LogP contribution in [0.4, 0.5) is 11.4 Å². The molecule has 1 heterocycles. The van der Waals surface area contributed by atoms with Crippen molar-refractivity contribution < 1.29 is 18.1 Å². The minimum Gasteiger partial charge on any atom is -0.372 e. The van der Waals surface area contributed by atoms with E-state index in [0.717, 1.165) is 12.5 Å². The molecule has 9 heteroatoms. The Bertz CT molecular complexity index is 691. The lowest BCUT2D eigenvalue weighted by atomic mass is 10.0. The fourth-order valence-corrected chi connectivity index (χ4v) is 3.25. The first-order valence-corrected chi connectivity index (χ1v) is 8.42. The maximum atomic E-state index is 11.6. The quantitative estimate of drug-likeness (QED) is 0.656. The van der Waals surface area contributed by atoms with Crippen molar-refractivity contribution in [3.63, 3.8) is 0 Å². The minimum absolute atomic E-state index is 0.250. The zero-order valence-electron chi connectivity index (χ0n) is 12.5. The van der Waals surface area contributed by atoms with Gasteiger partial charge in [0, 0.05) is 13.1 Å². The van der Waals surface area contributed by atoms with Crippen LogP contribution in [0.25, 0.3) is 0 Å². The SMILES string of the molecule is CCC1(C)CN(c2cccc(S(N)(=O)=O)c2[N+](=O)[O-])CCO1. The zero-order chi connectivity index (χ0) is 16.5. The number of nitrogens with zero attached hydrogens (tertiary/aromatic N) is 2. The topological polar surface area (TPSA) is 116 Å². The monoisotopic (exact) mass is 329 g/mol. The summed E-state index contributed by atoms with van der Waals surface area (Å²) in [6.45, 7) is 5.21. The second-order valence-corrected chi connectivity index (χ2v) is 7.03. The van der Waals surface area contributed by atoms with Crippen LogP contribution < -0.4 is 10.0 Å². The summed E-state index contributed by atoms with van der Waals surface area (Å²) in [5.41, 5.74) is -0.658. The van der Waals surface area contributed by atoms with Crippen molar-refractivity contribution in [2.24, 2.45) is 5.14 Å². The summed E-state index contributed by atoms with van der Waals surface area (Å²) in [5.74, 6) is 0. The molecule has 1 fully saturated rings. The molecule has 0 radical (unpaired) electrons. The van der Waals surface area contributed by atoms with E-state index in [4.69, 9.17) is 9.88 Å². The predicted octanol–water partition coefficient (Wildman–Crippen LogP) is 1.25. The first kappa shape index (κ1) is 16.7. The van der Waals surface area contributed by atoms with Crippen LogP contribution in [-0.4, -0.2) is 38.6 Å². The van der Waals surface area contributed by atoms with Crippen molar-refractivity contribution in [1.29, 1.82) is 0 Å². The third-order valence-electron chi connectivity index (χ3n) is 3.89. The van der Waals surface area contributed by atoms with Crippen LogP contribution in [0.3, 0.4) is 0 Å². The van der Waals surface area contributed by atoms with Gasteiger partial charge in [0.1, 0.15) is 5.69 Å². The first-order valence-electron chi connectivity index (χ1n) is 6.87. The molecule has 1 aromatic rings. The Balaban J connectivity index is 2.54. The second kappa shape index (κ2) is 5.82. The number of primary sulfonamides is 1. The molecule has 0 spiro atoms. The van der Waals surface area contributed by atoms with Gasteiger partial charge in [0.05, 0.1) is 17.1 Å². The van der Waals surface area contributed by atoms with E-state index in [1.807, 2.05) is 13.8 Å². The van der Waals surface area contributed by atoms with Gasteiger partial charge in [0.15, 0.2) is 4.90 Å². The molecule has 1 saturated heterocycles. The van der Waals surface area contributed by atoms with E-state index in [0.29, 0.717) is 19.7 Å². The molecule has 8 nitrogen and oxygen atoms in total. The normalized spacial score (nSPS) is 22.6. The summed E-state index contributed by atoms with van der Waals surface area (Å²) in [4.78, 5) is 12.0. The number of sulfonamides is 1. The molecule has 1 aromatic carbocycles. The lowest BCUT2D eigenvalue weighted by Gasteiger charge is -2.41. The van der Waals surface area contributed by atoms with E-state index >= 15 is 0 Å². The van der Waals surface area contributed by atoms with Crippen molar-refractivity contribution in [1.82, 2.24) is 0 Å². The molecule has 2 N–H and O–H groups in total. The highest BCUT2D eigenvalue weighted by molar-refractivity contribution is 7.89. The fourth-order valence-electron chi connectivity index (χ4n) is 2.53. The molecule has 1 unspecified atom stereocenters. The highest BCUT2D eigenvalue weighted by atomic mass is 32.2. The number of rotatable bonds is 4. The van der Waals surface area contributed by atoms with E-state index < -0.39 is 31.1 Å². The molecule has 0 saturated carbocycles. The van der Waals surface area contributed by atoms with Gasteiger partial charge in [-0.2, -0.15) is 0 Å². The van der Waals surface area contributed by atoms with Gasteiger partial charge in [-0.3, -0.25) is 10.1 Å². The van der Waals surface area contributed by atoms with E-state index in [1.165, 1.54) is 12.1 Å². The Morgan fingerprint density at radius 2 is 2.18 bits per heavy atom. The lowest BCUT2D eigenvalue weighted by molar-refractivity contribution is -0.387. The summed E-state index contributed by atoms with van der Waals surface area (Å²) in [6, 6.07) is 4.14. The van der Waals surface area contributed by atoms with Crippen LogP contribution in [0.15, 0.2) is 23.1 Å². The Kier molecular flexibility index (Phi) is 4.41. The lowest BCUT2D eigenvalue weighted by Crippen LogP contribution is -2.50. The number of nitrogens with two attached hydrogens (primary N) is 1. The predicted molar refractivity (Wildman–Crippen MR) is 81.3 cm³/mol. The van der Waals surface area contributed by atoms with Crippen LogP contribution >= 0.6 is 0 Å². The summed E-state index contributed by atoms with van der Waals surface area (Å²) >= 11 is 0. The molecular formula is C13H19N3O5S. The van der Waals surface area contributed by atoms with Crippen LogP contribution in [0.2, 0.25) is 0 Å². The Hall–Kier alpha value is -1.71. The standard InChI is InChI=1S/C13H19N3O5S/c1-3-13(2)9-15(7-8-21-13)10-5-4-6-11(22(14,19)20)12(10)16(17)18/h4-6H,3,7-9H2,1-2H3,(H2,14,19,20). The molecule has 122 valence electrons. The largest absolute Gasteiger partial charge is 0.372 e. The number of para-hydroxylation sites is 1. The maximum absolute atomic E-state index is 11.6. The van der Waals surface area contributed by atoms with E-state index in [9.17, 15) is 18.5 Å². The first-order chi connectivity index (χ1) is 10.2. The molecule has 0 aliphatic carbocycles. The Labute approximate surface area is 129 Å². The molecule has 2 rings (SSSR count).